The number of carbonyl (C=O) groups excluding carboxylic acids is 1. The zero-order valence-electron chi connectivity index (χ0n) is 15.5. The number of esters is 1. The molecule has 1 rings (SSSR count). The summed E-state index contributed by atoms with van der Waals surface area (Å²) in [5, 5.41) is 10.7. The van der Waals surface area contributed by atoms with Crippen LogP contribution in [0.3, 0.4) is 0 Å². The van der Waals surface area contributed by atoms with Crippen LogP contribution >= 0.6 is 0 Å². The van der Waals surface area contributed by atoms with Crippen LogP contribution in [0, 0.1) is 0 Å². The monoisotopic (exact) mass is 318 g/mol. The summed E-state index contributed by atoms with van der Waals surface area (Å²) in [6, 6.07) is 3.90. The van der Waals surface area contributed by atoms with Crippen molar-refractivity contribution in [2.45, 2.75) is 65.7 Å². The molecule has 0 fully saturated rings. The number of phenolic OH excluding ortho intramolecular Hbond substituents is 1. The van der Waals surface area contributed by atoms with E-state index in [0.29, 0.717) is 12.2 Å². The van der Waals surface area contributed by atoms with E-state index < -0.39 is 0 Å². The van der Waals surface area contributed by atoms with Crippen molar-refractivity contribution in [3.63, 3.8) is 0 Å². The van der Waals surface area contributed by atoms with Crippen molar-refractivity contribution in [2.24, 2.45) is 0 Å². The van der Waals surface area contributed by atoms with Gasteiger partial charge in [0.2, 0.25) is 0 Å². The predicted molar refractivity (Wildman–Crippen MR) is 95.8 cm³/mol. The molecule has 128 valence electrons. The van der Waals surface area contributed by atoms with Crippen LogP contribution in [0.15, 0.2) is 18.7 Å². The van der Waals surface area contributed by atoms with E-state index in [1.54, 1.807) is 6.92 Å². The molecule has 0 bridgehead atoms. The Kier molecular flexibility index (Phi) is 5.68. The largest absolute Gasteiger partial charge is 0.507 e. The van der Waals surface area contributed by atoms with Gasteiger partial charge >= 0.3 is 5.97 Å². The summed E-state index contributed by atoms with van der Waals surface area (Å²) >= 11 is 0. The van der Waals surface area contributed by atoms with Crippen LogP contribution in [0.25, 0.3) is 5.57 Å². The molecule has 0 saturated carbocycles. The molecule has 23 heavy (non-hydrogen) atoms. The molecule has 3 nitrogen and oxygen atoms in total. The third kappa shape index (κ3) is 4.85. The third-order valence-corrected chi connectivity index (χ3v) is 3.83. The van der Waals surface area contributed by atoms with E-state index in [0.717, 1.165) is 22.3 Å². The second kappa shape index (κ2) is 6.77. The quantitative estimate of drug-likeness (QED) is 0.799. The van der Waals surface area contributed by atoms with Crippen LogP contribution < -0.4 is 0 Å². The lowest BCUT2D eigenvalue weighted by Gasteiger charge is -2.28. The van der Waals surface area contributed by atoms with Crippen LogP contribution in [0.4, 0.5) is 0 Å². The first-order chi connectivity index (χ1) is 10.4. The van der Waals surface area contributed by atoms with Gasteiger partial charge in [0.15, 0.2) is 0 Å². The first kappa shape index (κ1) is 19.3. The summed E-state index contributed by atoms with van der Waals surface area (Å²) in [5.74, 6) is 0.101. The van der Waals surface area contributed by atoms with Gasteiger partial charge in [-0.25, -0.2) is 0 Å². The van der Waals surface area contributed by atoms with Crippen LogP contribution in [0.2, 0.25) is 0 Å². The van der Waals surface area contributed by atoms with Crippen LogP contribution in [-0.2, 0) is 20.4 Å². The number of hydrogen-bond donors (Lipinski definition) is 1. The Morgan fingerprint density at radius 1 is 1.09 bits per heavy atom. The van der Waals surface area contributed by atoms with E-state index in [4.69, 9.17) is 4.74 Å². The van der Waals surface area contributed by atoms with Gasteiger partial charge in [-0.15, -0.1) is 0 Å². The SMILES string of the molecule is C=C(COC(=O)CC)c1cc(C(C)(C)C)c(O)c(C(C)(C)C)c1. The zero-order valence-corrected chi connectivity index (χ0v) is 15.5. The highest BCUT2D eigenvalue weighted by Gasteiger charge is 2.27. The lowest BCUT2D eigenvalue weighted by Crippen LogP contribution is -2.18. The van der Waals surface area contributed by atoms with Gasteiger partial charge in [-0.3, -0.25) is 4.79 Å². The molecule has 0 atom stereocenters. The normalized spacial score (nSPS) is 12.1. The number of aromatic hydroxyl groups is 1. The Labute approximate surface area is 140 Å². The Bertz CT molecular complexity index is 563. The molecule has 0 unspecified atom stereocenters. The van der Waals surface area contributed by atoms with E-state index in [1.165, 1.54) is 0 Å². The second-order valence-electron chi connectivity index (χ2n) is 8.04. The van der Waals surface area contributed by atoms with Gasteiger partial charge in [0.1, 0.15) is 12.4 Å². The first-order valence-corrected chi connectivity index (χ1v) is 8.09. The van der Waals surface area contributed by atoms with Gasteiger partial charge in [-0.2, -0.15) is 0 Å². The maximum absolute atomic E-state index is 11.4. The summed E-state index contributed by atoms with van der Waals surface area (Å²) in [4.78, 5) is 11.4. The van der Waals surface area contributed by atoms with Crippen molar-refractivity contribution in [2.75, 3.05) is 6.61 Å². The minimum Gasteiger partial charge on any atom is -0.507 e. The van der Waals surface area contributed by atoms with Gasteiger partial charge in [0.05, 0.1) is 0 Å². The molecule has 0 aliphatic heterocycles. The summed E-state index contributed by atoms with van der Waals surface area (Å²) in [5.41, 5.74) is 3.01. The molecular weight excluding hydrogens is 288 g/mol. The number of ether oxygens (including phenoxy) is 1. The maximum atomic E-state index is 11.4. The Morgan fingerprint density at radius 2 is 1.52 bits per heavy atom. The fourth-order valence-corrected chi connectivity index (χ4v) is 2.34. The summed E-state index contributed by atoms with van der Waals surface area (Å²) in [6.07, 6.45) is 0.351. The standard InChI is InChI=1S/C20H30O3/c1-9-17(21)23-12-13(2)14-10-15(19(3,4)5)18(22)16(11-14)20(6,7)8/h10-11,22H,2,9,12H2,1,3-8H3. The lowest BCUT2D eigenvalue weighted by atomic mass is 9.78. The fraction of sp³-hybridized carbons (Fsp3) is 0.550. The third-order valence-electron chi connectivity index (χ3n) is 3.83. The Hall–Kier alpha value is -1.77. The van der Waals surface area contributed by atoms with Crippen LogP contribution in [0.1, 0.15) is 71.6 Å². The van der Waals surface area contributed by atoms with Crippen LogP contribution in [0.5, 0.6) is 5.75 Å². The number of hydrogen-bond acceptors (Lipinski definition) is 3. The predicted octanol–water partition coefficient (Wildman–Crippen LogP) is 4.95. The van der Waals surface area contributed by atoms with Crippen molar-refractivity contribution in [1.82, 2.24) is 0 Å². The summed E-state index contributed by atoms with van der Waals surface area (Å²) in [6.45, 7) is 18.4. The van der Waals surface area contributed by atoms with Crippen molar-refractivity contribution < 1.29 is 14.6 Å². The van der Waals surface area contributed by atoms with E-state index >= 15 is 0 Å². The van der Waals surface area contributed by atoms with Gasteiger partial charge in [0.25, 0.3) is 0 Å². The minimum atomic E-state index is -0.239. The van der Waals surface area contributed by atoms with Crippen molar-refractivity contribution >= 4 is 11.5 Å². The average Bonchev–Trinajstić information content (AvgIpc) is 2.41. The molecule has 0 aliphatic carbocycles. The maximum Gasteiger partial charge on any atom is 0.305 e. The summed E-state index contributed by atoms with van der Waals surface area (Å²) < 4.78 is 5.19. The highest BCUT2D eigenvalue weighted by Crippen LogP contribution is 2.40. The van der Waals surface area contributed by atoms with Crippen molar-refractivity contribution in [3.8, 4) is 5.75 Å². The molecule has 1 N–H and O–H groups in total. The van der Waals surface area contributed by atoms with Gasteiger partial charge in [-0.05, 0) is 34.1 Å². The average molecular weight is 318 g/mol. The summed E-state index contributed by atoms with van der Waals surface area (Å²) in [7, 11) is 0. The van der Waals surface area contributed by atoms with Crippen LogP contribution in [-0.4, -0.2) is 17.7 Å². The number of carbonyl (C=O) groups is 1. The molecule has 0 saturated heterocycles. The highest BCUT2D eigenvalue weighted by atomic mass is 16.5. The molecule has 0 aliphatic rings. The van der Waals surface area contributed by atoms with Gasteiger partial charge in [-0.1, -0.05) is 55.0 Å². The molecule has 0 spiro atoms. The molecule has 1 aromatic rings. The van der Waals surface area contributed by atoms with Gasteiger partial charge in [0, 0.05) is 17.5 Å². The number of rotatable bonds is 4. The fourth-order valence-electron chi connectivity index (χ4n) is 2.34. The number of phenols is 1. The van der Waals surface area contributed by atoms with E-state index in [2.05, 4.69) is 48.1 Å². The smallest absolute Gasteiger partial charge is 0.305 e. The first-order valence-electron chi connectivity index (χ1n) is 8.09. The van der Waals surface area contributed by atoms with Crippen molar-refractivity contribution in [3.05, 3.63) is 35.4 Å². The molecule has 0 heterocycles. The molecule has 3 heteroatoms. The minimum absolute atomic E-state index is 0.171. The van der Waals surface area contributed by atoms with E-state index in [9.17, 15) is 9.90 Å². The van der Waals surface area contributed by atoms with Gasteiger partial charge < -0.3 is 9.84 Å². The Morgan fingerprint density at radius 3 is 1.87 bits per heavy atom. The Balaban J connectivity index is 3.33. The molecule has 0 amide bonds. The second-order valence-corrected chi connectivity index (χ2v) is 8.04. The zero-order chi connectivity index (χ0) is 18.0. The highest BCUT2D eigenvalue weighted by molar-refractivity contribution is 5.73. The van der Waals surface area contributed by atoms with E-state index in [1.807, 2.05) is 12.1 Å². The topological polar surface area (TPSA) is 46.5 Å². The lowest BCUT2D eigenvalue weighted by molar-refractivity contribution is -0.141. The molecule has 1 aromatic carbocycles. The number of benzene rings is 1. The molecular formula is C20H30O3. The molecule has 0 radical (unpaired) electrons. The molecule has 0 aromatic heterocycles. The van der Waals surface area contributed by atoms with Crippen molar-refractivity contribution in [1.29, 1.82) is 0 Å². The van der Waals surface area contributed by atoms with E-state index in [-0.39, 0.29) is 23.4 Å².